The van der Waals surface area contributed by atoms with Crippen molar-refractivity contribution < 1.29 is 4.79 Å². The molecule has 1 amide bonds. The van der Waals surface area contributed by atoms with Gasteiger partial charge in [0.25, 0.3) is 0 Å². The van der Waals surface area contributed by atoms with Gasteiger partial charge in [0, 0.05) is 34.0 Å². The second-order valence-electron chi connectivity index (χ2n) is 6.26. The van der Waals surface area contributed by atoms with Gasteiger partial charge in [0.05, 0.1) is 5.75 Å². The standard InChI is InChI=1S/C19H16N6OS2/c1-2-24-15-6-4-3-5-13(15)14-9-12(7-8-16(14)24)21-17(26)10-27-19-23-25-11-20-22-18(25)28-19/h3-9,11H,2,10H2,1H3,(H,21,26). The summed E-state index contributed by atoms with van der Waals surface area (Å²) in [6, 6.07) is 14.4. The second kappa shape index (κ2) is 6.92. The van der Waals surface area contributed by atoms with E-state index >= 15 is 0 Å². The normalized spacial score (nSPS) is 11.6. The maximum absolute atomic E-state index is 12.4. The van der Waals surface area contributed by atoms with E-state index < -0.39 is 0 Å². The third kappa shape index (κ3) is 2.92. The molecule has 0 saturated carbocycles. The zero-order chi connectivity index (χ0) is 19.1. The predicted octanol–water partition coefficient (Wildman–Crippen LogP) is 4.04. The highest BCUT2D eigenvalue weighted by Crippen LogP contribution is 2.31. The lowest BCUT2D eigenvalue weighted by Crippen LogP contribution is -2.13. The molecule has 2 aromatic carbocycles. The topological polar surface area (TPSA) is 77.1 Å². The van der Waals surface area contributed by atoms with Gasteiger partial charge in [-0.15, -0.1) is 15.3 Å². The molecule has 7 nitrogen and oxygen atoms in total. The summed E-state index contributed by atoms with van der Waals surface area (Å²) in [6.45, 7) is 3.05. The first-order chi connectivity index (χ1) is 13.7. The van der Waals surface area contributed by atoms with E-state index in [9.17, 15) is 4.79 Å². The highest BCUT2D eigenvalue weighted by atomic mass is 32.2. The summed E-state index contributed by atoms with van der Waals surface area (Å²) in [7, 11) is 0. The average molecular weight is 409 g/mol. The van der Waals surface area contributed by atoms with Crippen molar-refractivity contribution in [2.75, 3.05) is 11.1 Å². The summed E-state index contributed by atoms with van der Waals surface area (Å²) < 4.78 is 4.70. The van der Waals surface area contributed by atoms with E-state index in [1.165, 1.54) is 39.5 Å². The number of carbonyl (C=O) groups is 1. The minimum absolute atomic E-state index is 0.0606. The van der Waals surface area contributed by atoms with Crippen molar-refractivity contribution in [1.29, 1.82) is 0 Å². The minimum Gasteiger partial charge on any atom is -0.341 e. The molecule has 9 heteroatoms. The van der Waals surface area contributed by atoms with Crippen LogP contribution < -0.4 is 5.32 Å². The molecule has 0 aliphatic carbocycles. The maximum atomic E-state index is 12.4. The first-order valence-electron chi connectivity index (χ1n) is 8.83. The molecule has 5 rings (SSSR count). The van der Waals surface area contributed by atoms with Gasteiger partial charge in [0.15, 0.2) is 4.34 Å². The van der Waals surface area contributed by atoms with Gasteiger partial charge in [-0.1, -0.05) is 41.3 Å². The number of carbonyl (C=O) groups excluding carboxylic acids is 1. The average Bonchev–Trinajstić information content (AvgIpc) is 3.38. The van der Waals surface area contributed by atoms with Gasteiger partial charge in [-0.3, -0.25) is 4.79 Å². The smallest absolute Gasteiger partial charge is 0.235 e. The number of hydrogen-bond acceptors (Lipinski definition) is 6. The molecule has 3 heterocycles. The summed E-state index contributed by atoms with van der Waals surface area (Å²) in [6.07, 6.45) is 1.55. The molecule has 0 aliphatic rings. The van der Waals surface area contributed by atoms with Gasteiger partial charge in [0.1, 0.15) is 6.33 Å². The van der Waals surface area contributed by atoms with Crippen molar-refractivity contribution >= 4 is 61.5 Å². The van der Waals surface area contributed by atoms with Crippen LogP contribution in [0.5, 0.6) is 0 Å². The van der Waals surface area contributed by atoms with E-state index in [-0.39, 0.29) is 5.91 Å². The molecule has 0 fully saturated rings. The first-order valence-corrected chi connectivity index (χ1v) is 10.6. The van der Waals surface area contributed by atoms with Crippen LogP contribution in [-0.4, -0.2) is 36.0 Å². The molecule has 0 radical (unpaired) electrons. The van der Waals surface area contributed by atoms with Gasteiger partial charge in [-0.25, -0.2) is 0 Å². The molecule has 0 aliphatic heterocycles. The molecule has 140 valence electrons. The molecule has 0 atom stereocenters. The lowest BCUT2D eigenvalue weighted by molar-refractivity contribution is -0.113. The number of aromatic nitrogens is 5. The molecule has 0 spiro atoms. The SMILES string of the molecule is CCn1c2ccccc2c2cc(NC(=O)CSc3nn4cnnc4s3)ccc21. The zero-order valence-corrected chi connectivity index (χ0v) is 16.6. The number of nitrogens with zero attached hydrogens (tertiary/aromatic N) is 5. The Balaban J connectivity index is 1.36. The Morgan fingerprint density at radius 2 is 2.04 bits per heavy atom. The van der Waals surface area contributed by atoms with Crippen LogP contribution >= 0.6 is 23.1 Å². The van der Waals surface area contributed by atoms with Crippen LogP contribution in [-0.2, 0) is 11.3 Å². The van der Waals surface area contributed by atoms with Gasteiger partial charge in [-0.05, 0) is 31.2 Å². The molecule has 3 aromatic heterocycles. The summed E-state index contributed by atoms with van der Waals surface area (Å²) in [5.41, 5.74) is 3.19. The fourth-order valence-electron chi connectivity index (χ4n) is 3.40. The number of nitrogens with one attached hydrogen (secondary N) is 1. The van der Waals surface area contributed by atoms with Crippen molar-refractivity contribution in [2.24, 2.45) is 0 Å². The van der Waals surface area contributed by atoms with E-state index in [0.29, 0.717) is 5.75 Å². The van der Waals surface area contributed by atoms with Crippen molar-refractivity contribution in [3.05, 3.63) is 48.8 Å². The second-order valence-corrected chi connectivity index (χ2v) is 8.43. The number of fused-ring (bicyclic) bond motifs is 4. The fourth-order valence-corrected chi connectivity index (χ4v) is 5.06. The highest BCUT2D eigenvalue weighted by Gasteiger charge is 2.12. The highest BCUT2D eigenvalue weighted by molar-refractivity contribution is 8.01. The van der Waals surface area contributed by atoms with Crippen molar-refractivity contribution in [3.8, 4) is 0 Å². The van der Waals surface area contributed by atoms with Crippen LogP contribution in [0.25, 0.3) is 26.8 Å². The Morgan fingerprint density at radius 1 is 1.18 bits per heavy atom. The maximum Gasteiger partial charge on any atom is 0.235 e. The number of aryl methyl sites for hydroxylation is 1. The molecule has 5 aromatic rings. The van der Waals surface area contributed by atoms with Gasteiger partial charge >= 0.3 is 0 Å². The summed E-state index contributed by atoms with van der Waals surface area (Å²) in [5, 5.41) is 17.4. The van der Waals surface area contributed by atoms with Crippen LogP contribution in [0.1, 0.15) is 6.92 Å². The van der Waals surface area contributed by atoms with Crippen LogP contribution in [0, 0.1) is 0 Å². The van der Waals surface area contributed by atoms with Gasteiger partial charge in [0.2, 0.25) is 10.9 Å². The number of amides is 1. The van der Waals surface area contributed by atoms with E-state index in [1.807, 2.05) is 12.1 Å². The van der Waals surface area contributed by atoms with Crippen LogP contribution in [0.4, 0.5) is 5.69 Å². The molecule has 1 N–H and O–H groups in total. The zero-order valence-electron chi connectivity index (χ0n) is 15.0. The minimum atomic E-state index is -0.0606. The largest absolute Gasteiger partial charge is 0.341 e. The fraction of sp³-hybridized carbons (Fsp3) is 0.158. The lowest BCUT2D eigenvalue weighted by atomic mass is 10.1. The Hall–Kier alpha value is -2.91. The Bertz CT molecular complexity index is 1290. The van der Waals surface area contributed by atoms with E-state index in [4.69, 9.17) is 0 Å². The van der Waals surface area contributed by atoms with Crippen LogP contribution in [0.2, 0.25) is 0 Å². The summed E-state index contributed by atoms with van der Waals surface area (Å²) in [5.74, 6) is 0.230. The number of thioether (sulfide) groups is 1. The van der Waals surface area contributed by atoms with Crippen molar-refractivity contribution in [1.82, 2.24) is 24.4 Å². The number of para-hydroxylation sites is 1. The molecule has 0 unspecified atom stereocenters. The third-order valence-electron chi connectivity index (χ3n) is 4.57. The molecular formula is C19H16N6OS2. The monoisotopic (exact) mass is 408 g/mol. The van der Waals surface area contributed by atoms with Crippen molar-refractivity contribution in [3.63, 3.8) is 0 Å². The molecule has 0 bridgehead atoms. The number of hydrogen-bond donors (Lipinski definition) is 1. The predicted molar refractivity (Wildman–Crippen MR) is 113 cm³/mol. The number of anilines is 1. The Kier molecular flexibility index (Phi) is 4.25. The number of benzene rings is 2. The van der Waals surface area contributed by atoms with E-state index in [0.717, 1.165) is 26.9 Å². The molecular weight excluding hydrogens is 392 g/mol. The van der Waals surface area contributed by atoms with Crippen molar-refractivity contribution in [2.45, 2.75) is 17.8 Å². The summed E-state index contributed by atoms with van der Waals surface area (Å²) in [4.78, 5) is 13.1. The lowest BCUT2D eigenvalue weighted by Gasteiger charge is -2.06. The quantitative estimate of drug-likeness (QED) is 0.444. The summed E-state index contributed by atoms with van der Waals surface area (Å²) >= 11 is 2.81. The number of rotatable bonds is 5. The third-order valence-corrected chi connectivity index (χ3v) is 6.61. The molecule has 0 saturated heterocycles. The Labute approximate surface area is 168 Å². The van der Waals surface area contributed by atoms with Crippen LogP contribution in [0.15, 0.2) is 53.1 Å². The van der Waals surface area contributed by atoms with Gasteiger partial charge in [-0.2, -0.15) is 4.52 Å². The van der Waals surface area contributed by atoms with Crippen LogP contribution in [0.3, 0.4) is 0 Å². The Morgan fingerprint density at radius 3 is 2.89 bits per heavy atom. The van der Waals surface area contributed by atoms with E-state index in [1.54, 1.807) is 10.8 Å². The first kappa shape index (κ1) is 17.2. The van der Waals surface area contributed by atoms with E-state index in [2.05, 4.69) is 62.4 Å². The molecule has 28 heavy (non-hydrogen) atoms. The van der Waals surface area contributed by atoms with Gasteiger partial charge < -0.3 is 9.88 Å².